The Bertz CT molecular complexity index is 791. The monoisotopic (exact) mass is 358 g/mol. The normalized spacial score (nSPS) is 21.1. The fourth-order valence-corrected chi connectivity index (χ4v) is 6.55. The maximum atomic E-state index is 12.8. The fraction of sp³-hybridized carbons (Fsp3) is 0.600. The molecule has 23 heavy (non-hydrogen) atoms. The highest BCUT2D eigenvalue weighted by Gasteiger charge is 2.32. The molecule has 0 unspecified atom stereocenters. The first kappa shape index (κ1) is 16.9. The van der Waals surface area contributed by atoms with E-state index in [2.05, 4.69) is 0 Å². The Morgan fingerprint density at radius 1 is 0.783 bits per heavy atom. The molecule has 0 N–H and O–H groups in total. The Morgan fingerprint density at radius 2 is 1.26 bits per heavy atom. The summed E-state index contributed by atoms with van der Waals surface area (Å²) < 4.78 is 53.8. The van der Waals surface area contributed by atoms with Crippen molar-refractivity contribution in [3.63, 3.8) is 0 Å². The molecule has 2 heterocycles. The van der Waals surface area contributed by atoms with E-state index < -0.39 is 20.0 Å². The zero-order chi connectivity index (χ0) is 16.7. The van der Waals surface area contributed by atoms with Crippen LogP contribution in [0.1, 0.15) is 31.2 Å². The number of hydrogen-bond acceptors (Lipinski definition) is 4. The molecule has 2 saturated heterocycles. The van der Waals surface area contributed by atoms with Crippen LogP contribution in [0.25, 0.3) is 0 Å². The van der Waals surface area contributed by atoms with E-state index in [4.69, 9.17) is 0 Å². The quantitative estimate of drug-likeness (QED) is 0.819. The SMILES string of the molecule is Cc1ccc(S(=O)(=O)N2CCCC2)cc1S(=O)(=O)N1CCCC1. The maximum Gasteiger partial charge on any atom is 0.243 e. The van der Waals surface area contributed by atoms with E-state index in [-0.39, 0.29) is 9.79 Å². The Kier molecular flexibility index (Phi) is 4.52. The molecular weight excluding hydrogens is 336 g/mol. The predicted octanol–water partition coefficient (Wildman–Crippen LogP) is 1.56. The van der Waals surface area contributed by atoms with Crippen molar-refractivity contribution in [3.05, 3.63) is 23.8 Å². The Hall–Kier alpha value is -0.960. The summed E-state index contributed by atoms with van der Waals surface area (Å²) in [6.45, 7) is 3.72. The van der Waals surface area contributed by atoms with Gasteiger partial charge in [-0.25, -0.2) is 16.8 Å². The first-order valence-electron chi connectivity index (χ1n) is 7.94. The third-order valence-electron chi connectivity index (χ3n) is 4.55. The molecule has 6 nitrogen and oxygen atoms in total. The van der Waals surface area contributed by atoms with E-state index in [1.165, 1.54) is 20.7 Å². The molecule has 3 rings (SSSR count). The van der Waals surface area contributed by atoms with Gasteiger partial charge in [-0.1, -0.05) is 6.07 Å². The van der Waals surface area contributed by atoms with Gasteiger partial charge < -0.3 is 0 Å². The van der Waals surface area contributed by atoms with Gasteiger partial charge in [-0.2, -0.15) is 8.61 Å². The molecule has 0 aliphatic carbocycles. The molecule has 0 atom stereocenters. The standard InChI is InChI=1S/C15H22N2O4S2/c1-13-6-7-14(22(18,19)16-8-2-3-9-16)12-15(13)23(20,21)17-10-4-5-11-17/h6-7,12H,2-5,8-11H2,1H3. The summed E-state index contributed by atoms with van der Waals surface area (Å²) in [4.78, 5) is 0.183. The van der Waals surface area contributed by atoms with Crippen LogP contribution in [0.5, 0.6) is 0 Å². The van der Waals surface area contributed by atoms with Gasteiger partial charge in [0.1, 0.15) is 0 Å². The molecule has 128 valence electrons. The highest BCUT2D eigenvalue weighted by Crippen LogP contribution is 2.28. The Balaban J connectivity index is 2.03. The van der Waals surface area contributed by atoms with Crippen LogP contribution in [0.4, 0.5) is 0 Å². The second-order valence-electron chi connectivity index (χ2n) is 6.15. The van der Waals surface area contributed by atoms with E-state index in [0.717, 1.165) is 25.7 Å². The number of rotatable bonds is 4. The van der Waals surface area contributed by atoms with Crippen LogP contribution < -0.4 is 0 Å². The third kappa shape index (κ3) is 3.05. The highest BCUT2D eigenvalue weighted by molar-refractivity contribution is 7.90. The second kappa shape index (κ2) is 6.16. The van der Waals surface area contributed by atoms with E-state index >= 15 is 0 Å². The van der Waals surface area contributed by atoms with Crippen molar-refractivity contribution in [2.24, 2.45) is 0 Å². The molecule has 0 radical (unpaired) electrons. The lowest BCUT2D eigenvalue weighted by molar-refractivity contribution is 0.474. The molecule has 0 saturated carbocycles. The Labute approximate surface area is 138 Å². The summed E-state index contributed by atoms with van der Waals surface area (Å²) in [7, 11) is -7.24. The van der Waals surface area contributed by atoms with Gasteiger partial charge in [-0.3, -0.25) is 0 Å². The largest absolute Gasteiger partial charge is 0.243 e. The summed E-state index contributed by atoms with van der Waals surface area (Å²) in [6.07, 6.45) is 3.40. The molecule has 0 aromatic heterocycles. The zero-order valence-electron chi connectivity index (χ0n) is 13.2. The third-order valence-corrected chi connectivity index (χ3v) is 8.48. The topological polar surface area (TPSA) is 74.8 Å². The maximum absolute atomic E-state index is 12.8. The van der Waals surface area contributed by atoms with Crippen molar-refractivity contribution in [2.45, 2.75) is 42.4 Å². The highest BCUT2D eigenvalue weighted by atomic mass is 32.2. The van der Waals surface area contributed by atoms with Gasteiger partial charge in [0.25, 0.3) is 0 Å². The van der Waals surface area contributed by atoms with E-state index in [9.17, 15) is 16.8 Å². The summed E-state index contributed by atoms with van der Waals surface area (Å²) in [5.41, 5.74) is 0.581. The summed E-state index contributed by atoms with van der Waals surface area (Å²) >= 11 is 0. The summed E-state index contributed by atoms with van der Waals surface area (Å²) in [6, 6.07) is 4.43. The number of hydrogen-bond donors (Lipinski definition) is 0. The minimum absolute atomic E-state index is 0.0720. The van der Waals surface area contributed by atoms with E-state index in [1.54, 1.807) is 13.0 Å². The molecule has 8 heteroatoms. The first-order valence-corrected chi connectivity index (χ1v) is 10.8. The average Bonchev–Trinajstić information content (AvgIpc) is 3.21. The molecule has 2 aliphatic heterocycles. The van der Waals surface area contributed by atoms with Gasteiger partial charge in [-0.05, 0) is 50.3 Å². The average molecular weight is 358 g/mol. The molecule has 2 fully saturated rings. The predicted molar refractivity (Wildman–Crippen MR) is 87.2 cm³/mol. The van der Waals surface area contributed by atoms with Crippen LogP contribution in [-0.2, 0) is 20.0 Å². The molecule has 2 aliphatic rings. The van der Waals surface area contributed by atoms with E-state index in [1.807, 2.05) is 0 Å². The first-order chi connectivity index (χ1) is 10.8. The fourth-order valence-electron chi connectivity index (χ4n) is 3.16. The van der Waals surface area contributed by atoms with Crippen LogP contribution in [0.2, 0.25) is 0 Å². The van der Waals surface area contributed by atoms with Crippen molar-refractivity contribution < 1.29 is 16.8 Å². The van der Waals surface area contributed by atoms with Crippen LogP contribution in [0.15, 0.2) is 28.0 Å². The van der Waals surface area contributed by atoms with Gasteiger partial charge in [-0.15, -0.1) is 0 Å². The van der Waals surface area contributed by atoms with Crippen LogP contribution >= 0.6 is 0 Å². The molecule has 1 aromatic carbocycles. The molecule has 0 amide bonds. The molecular formula is C15H22N2O4S2. The minimum atomic E-state index is -3.63. The van der Waals surface area contributed by atoms with Gasteiger partial charge in [0.05, 0.1) is 9.79 Å². The van der Waals surface area contributed by atoms with Crippen molar-refractivity contribution in [2.75, 3.05) is 26.2 Å². The van der Waals surface area contributed by atoms with Crippen LogP contribution in [0.3, 0.4) is 0 Å². The van der Waals surface area contributed by atoms with Crippen molar-refractivity contribution in [3.8, 4) is 0 Å². The summed E-state index contributed by atoms with van der Waals surface area (Å²) in [5, 5.41) is 0. The molecule has 0 bridgehead atoms. The number of aryl methyl sites for hydroxylation is 1. The van der Waals surface area contributed by atoms with Crippen molar-refractivity contribution >= 4 is 20.0 Å². The molecule has 1 aromatic rings. The second-order valence-corrected chi connectivity index (χ2v) is 9.99. The van der Waals surface area contributed by atoms with Gasteiger partial charge in [0.15, 0.2) is 0 Å². The zero-order valence-corrected chi connectivity index (χ0v) is 14.9. The smallest absolute Gasteiger partial charge is 0.207 e. The number of sulfonamides is 2. The van der Waals surface area contributed by atoms with Crippen molar-refractivity contribution in [1.29, 1.82) is 0 Å². The molecule has 0 spiro atoms. The van der Waals surface area contributed by atoms with E-state index in [0.29, 0.717) is 31.7 Å². The van der Waals surface area contributed by atoms with Gasteiger partial charge in [0.2, 0.25) is 20.0 Å². The van der Waals surface area contributed by atoms with Crippen LogP contribution in [-0.4, -0.2) is 51.6 Å². The van der Waals surface area contributed by atoms with Gasteiger partial charge >= 0.3 is 0 Å². The number of benzene rings is 1. The lowest BCUT2D eigenvalue weighted by atomic mass is 10.2. The van der Waals surface area contributed by atoms with Crippen LogP contribution in [0, 0.1) is 6.92 Å². The van der Waals surface area contributed by atoms with Gasteiger partial charge in [0, 0.05) is 26.2 Å². The number of nitrogens with zero attached hydrogens (tertiary/aromatic N) is 2. The lowest BCUT2D eigenvalue weighted by Crippen LogP contribution is -2.30. The van der Waals surface area contributed by atoms with Crippen molar-refractivity contribution in [1.82, 2.24) is 8.61 Å². The summed E-state index contributed by atoms with van der Waals surface area (Å²) in [5.74, 6) is 0. The minimum Gasteiger partial charge on any atom is -0.207 e. The lowest BCUT2D eigenvalue weighted by Gasteiger charge is -2.19. The Morgan fingerprint density at radius 3 is 1.78 bits per heavy atom.